The number of hydrogen-bond acceptors (Lipinski definition) is 2. The summed E-state index contributed by atoms with van der Waals surface area (Å²) in [5.41, 5.74) is 8.55. The van der Waals surface area contributed by atoms with E-state index in [1.54, 1.807) is 0 Å². The summed E-state index contributed by atoms with van der Waals surface area (Å²) < 4.78 is 0. The second kappa shape index (κ2) is 7.42. The zero-order valence-electron chi connectivity index (χ0n) is 13.4. The largest absolute Gasteiger partial charge is 0.345 e. The van der Waals surface area contributed by atoms with Gasteiger partial charge in [-0.1, -0.05) is 55.3 Å². The SMILES string of the molecule is NCc1ccc(C(=O)NC(c2ccccc2)C2CCCC2)cc1. The van der Waals surface area contributed by atoms with E-state index in [2.05, 4.69) is 17.4 Å². The highest BCUT2D eigenvalue weighted by molar-refractivity contribution is 5.94. The summed E-state index contributed by atoms with van der Waals surface area (Å²) in [6.07, 6.45) is 4.89. The van der Waals surface area contributed by atoms with Gasteiger partial charge in [0.15, 0.2) is 0 Å². The standard InChI is InChI=1S/C20H24N2O/c21-14-15-10-12-18(13-11-15)20(23)22-19(17-8-4-5-9-17)16-6-2-1-3-7-16/h1-3,6-7,10-13,17,19H,4-5,8-9,14,21H2,(H,22,23). The first-order chi connectivity index (χ1) is 11.3. The van der Waals surface area contributed by atoms with Crippen molar-refractivity contribution in [3.05, 3.63) is 71.3 Å². The van der Waals surface area contributed by atoms with Crippen LogP contribution in [0.4, 0.5) is 0 Å². The Balaban J connectivity index is 1.78. The summed E-state index contributed by atoms with van der Waals surface area (Å²) >= 11 is 0. The van der Waals surface area contributed by atoms with E-state index in [9.17, 15) is 4.79 Å². The van der Waals surface area contributed by atoms with Gasteiger partial charge in [-0.3, -0.25) is 4.79 Å². The molecular weight excluding hydrogens is 284 g/mol. The number of rotatable bonds is 5. The zero-order chi connectivity index (χ0) is 16.1. The van der Waals surface area contributed by atoms with Crippen molar-refractivity contribution in [2.45, 2.75) is 38.3 Å². The molecule has 1 aliphatic rings. The Bertz CT molecular complexity index is 630. The van der Waals surface area contributed by atoms with Gasteiger partial charge >= 0.3 is 0 Å². The molecule has 3 rings (SSSR count). The maximum Gasteiger partial charge on any atom is 0.251 e. The number of amides is 1. The van der Waals surface area contributed by atoms with Crippen LogP contribution in [0.15, 0.2) is 54.6 Å². The predicted molar refractivity (Wildman–Crippen MR) is 92.9 cm³/mol. The molecule has 0 aromatic heterocycles. The molecule has 0 spiro atoms. The fraction of sp³-hybridized carbons (Fsp3) is 0.350. The fourth-order valence-corrected chi connectivity index (χ4v) is 3.44. The first kappa shape index (κ1) is 15.8. The van der Waals surface area contributed by atoms with E-state index >= 15 is 0 Å². The van der Waals surface area contributed by atoms with E-state index in [-0.39, 0.29) is 11.9 Å². The number of carbonyl (C=O) groups excluding carboxylic acids is 1. The lowest BCUT2D eigenvalue weighted by molar-refractivity contribution is 0.0922. The molecule has 3 nitrogen and oxygen atoms in total. The van der Waals surface area contributed by atoms with E-state index in [1.165, 1.54) is 31.2 Å². The molecule has 1 atom stereocenters. The summed E-state index contributed by atoms with van der Waals surface area (Å²) in [7, 11) is 0. The Hall–Kier alpha value is -2.13. The van der Waals surface area contributed by atoms with Gasteiger partial charge in [-0.05, 0) is 42.0 Å². The topological polar surface area (TPSA) is 55.1 Å². The lowest BCUT2D eigenvalue weighted by Gasteiger charge is -2.25. The molecule has 0 bridgehead atoms. The van der Waals surface area contributed by atoms with Gasteiger partial charge < -0.3 is 11.1 Å². The van der Waals surface area contributed by atoms with Crippen LogP contribution in [0.25, 0.3) is 0 Å². The van der Waals surface area contributed by atoms with Gasteiger partial charge in [-0.25, -0.2) is 0 Å². The van der Waals surface area contributed by atoms with E-state index in [4.69, 9.17) is 5.73 Å². The first-order valence-electron chi connectivity index (χ1n) is 8.43. The van der Waals surface area contributed by atoms with Gasteiger partial charge in [0, 0.05) is 12.1 Å². The van der Waals surface area contributed by atoms with E-state index in [0.717, 1.165) is 5.56 Å². The fourth-order valence-electron chi connectivity index (χ4n) is 3.44. The second-order valence-electron chi connectivity index (χ2n) is 6.31. The van der Waals surface area contributed by atoms with Crippen molar-refractivity contribution in [2.75, 3.05) is 0 Å². The molecule has 2 aromatic rings. The summed E-state index contributed by atoms with van der Waals surface area (Å²) in [5.74, 6) is 0.527. The molecule has 120 valence electrons. The maximum absolute atomic E-state index is 12.6. The number of carbonyl (C=O) groups is 1. The van der Waals surface area contributed by atoms with Gasteiger partial charge in [0.05, 0.1) is 6.04 Å². The molecule has 1 unspecified atom stereocenters. The number of nitrogens with one attached hydrogen (secondary N) is 1. The third kappa shape index (κ3) is 3.80. The van der Waals surface area contributed by atoms with E-state index in [1.807, 2.05) is 42.5 Å². The molecule has 3 heteroatoms. The third-order valence-electron chi connectivity index (χ3n) is 4.77. The monoisotopic (exact) mass is 308 g/mol. The quantitative estimate of drug-likeness (QED) is 0.882. The molecule has 3 N–H and O–H groups in total. The summed E-state index contributed by atoms with van der Waals surface area (Å²) in [4.78, 5) is 12.6. The Morgan fingerprint density at radius 1 is 1.04 bits per heavy atom. The molecule has 1 amide bonds. The van der Waals surface area contributed by atoms with Gasteiger partial charge in [-0.15, -0.1) is 0 Å². The average molecular weight is 308 g/mol. The van der Waals surface area contributed by atoms with Crippen LogP contribution in [0.3, 0.4) is 0 Å². The number of hydrogen-bond donors (Lipinski definition) is 2. The second-order valence-corrected chi connectivity index (χ2v) is 6.31. The highest BCUT2D eigenvalue weighted by atomic mass is 16.1. The Labute approximate surface area is 137 Å². The van der Waals surface area contributed by atoms with Gasteiger partial charge in [0.2, 0.25) is 0 Å². The minimum absolute atomic E-state index is 0.00526. The van der Waals surface area contributed by atoms with Crippen LogP contribution in [0.2, 0.25) is 0 Å². The van der Waals surface area contributed by atoms with Crippen LogP contribution >= 0.6 is 0 Å². The maximum atomic E-state index is 12.6. The van der Waals surface area contributed by atoms with Gasteiger partial charge in [0.25, 0.3) is 5.91 Å². The van der Waals surface area contributed by atoms with Crippen molar-refractivity contribution < 1.29 is 4.79 Å². The zero-order valence-corrected chi connectivity index (χ0v) is 13.4. The molecule has 1 saturated carbocycles. The lowest BCUT2D eigenvalue weighted by Crippen LogP contribution is -2.32. The summed E-state index contributed by atoms with van der Waals surface area (Å²) in [6, 6.07) is 18.0. The van der Waals surface area contributed by atoms with E-state index in [0.29, 0.717) is 18.0 Å². The molecule has 1 fully saturated rings. The van der Waals surface area contributed by atoms with Crippen molar-refractivity contribution in [1.82, 2.24) is 5.32 Å². The van der Waals surface area contributed by atoms with Crippen LogP contribution in [-0.2, 0) is 6.54 Å². The normalized spacial score (nSPS) is 16.2. The molecule has 0 aliphatic heterocycles. The van der Waals surface area contributed by atoms with Crippen molar-refractivity contribution in [1.29, 1.82) is 0 Å². The summed E-state index contributed by atoms with van der Waals surface area (Å²) in [5, 5.41) is 3.26. The molecule has 0 heterocycles. The summed E-state index contributed by atoms with van der Waals surface area (Å²) in [6.45, 7) is 0.497. The van der Waals surface area contributed by atoms with Gasteiger partial charge in [0.1, 0.15) is 0 Å². The molecular formula is C20H24N2O. The predicted octanol–water partition coefficient (Wildman–Crippen LogP) is 3.81. The minimum Gasteiger partial charge on any atom is -0.345 e. The average Bonchev–Trinajstić information content (AvgIpc) is 3.14. The number of nitrogens with two attached hydrogens (primary N) is 1. The molecule has 1 aliphatic carbocycles. The van der Waals surface area contributed by atoms with Crippen LogP contribution in [0, 0.1) is 5.92 Å². The van der Waals surface area contributed by atoms with Crippen molar-refractivity contribution in [3.8, 4) is 0 Å². The molecule has 23 heavy (non-hydrogen) atoms. The minimum atomic E-state index is -0.00526. The van der Waals surface area contributed by atoms with Crippen LogP contribution in [0.5, 0.6) is 0 Å². The lowest BCUT2D eigenvalue weighted by atomic mass is 9.91. The highest BCUT2D eigenvalue weighted by Gasteiger charge is 2.27. The van der Waals surface area contributed by atoms with Crippen molar-refractivity contribution in [3.63, 3.8) is 0 Å². The Morgan fingerprint density at radius 2 is 1.70 bits per heavy atom. The van der Waals surface area contributed by atoms with Crippen LogP contribution < -0.4 is 11.1 Å². The highest BCUT2D eigenvalue weighted by Crippen LogP contribution is 2.35. The van der Waals surface area contributed by atoms with Crippen molar-refractivity contribution >= 4 is 5.91 Å². The Kier molecular flexibility index (Phi) is 5.09. The smallest absolute Gasteiger partial charge is 0.251 e. The van der Waals surface area contributed by atoms with Crippen LogP contribution in [0.1, 0.15) is 53.2 Å². The van der Waals surface area contributed by atoms with Gasteiger partial charge in [-0.2, -0.15) is 0 Å². The van der Waals surface area contributed by atoms with Crippen molar-refractivity contribution in [2.24, 2.45) is 11.7 Å². The first-order valence-corrected chi connectivity index (χ1v) is 8.43. The molecule has 2 aromatic carbocycles. The van der Waals surface area contributed by atoms with E-state index < -0.39 is 0 Å². The Morgan fingerprint density at radius 3 is 2.30 bits per heavy atom. The molecule has 0 radical (unpaired) electrons. The third-order valence-corrected chi connectivity index (χ3v) is 4.77. The van der Waals surface area contributed by atoms with Crippen LogP contribution in [-0.4, -0.2) is 5.91 Å². The number of benzene rings is 2. The molecule has 0 saturated heterocycles.